The minimum absolute atomic E-state index is 0.0880. The lowest BCUT2D eigenvalue weighted by molar-refractivity contribution is -0.132. The van der Waals surface area contributed by atoms with Crippen LogP contribution in [0, 0.1) is 0 Å². The molecule has 3 nitrogen and oxygen atoms in total. The molecule has 0 heterocycles. The van der Waals surface area contributed by atoms with Crippen LogP contribution < -0.4 is 0 Å². The van der Waals surface area contributed by atoms with Crippen LogP contribution >= 0.6 is 0 Å². The standard InChI is InChI=1S/C7H11NO2/c1-4-6(8-3)5(2)7(9)10/h2,4H2,1,3H3,(H,9,10). The van der Waals surface area contributed by atoms with E-state index in [4.69, 9.17) is 5.11 Å². The fraction of sp³-hybridized carbons (Fsp3) is 0.429. The van der Waals surface area contributed by atoms with Crippen LogP contribution in [-0.4, -0.2) is 23.8 Å². The molecule has 56 valence electrons. The van der Waals surface area contributed by atoms with Crippen molar-refractivity contribution in [1.82, 2.24) is 0 Å². The topological polar surface area (TPSA) is 49.7 Å². The van der Waals surface area contributed by atoms with E-state index in [2.05, 4.69) is 11.6 Å². The van der Waals surface area contributed by atoms with E-state index in [9.17, 15) is 4.79 Å². The Morgan fingerprint density at radius 3 is 2.30 bits per heavy atom. The average molecular weight is 141 g/mol. The second-order valence-electron chi connectivity index (χ2n) is 1.81. The Hall–Kier alpha value is -1.12. The highest BCUT2D eigenvalue weighted by atomic mass is 16.4. The quantitative estimate of drug-likeness (QED) is 0.472. The highest BCUT2D eigenvalue weighted by Crippen LogP contribution is 1.98. The summed E-state index contributed by atoms with van der Waals surface area (Å²) in [6.07, 6.45) is 0.613. The molecule has 0 radical (unpaired) electrons. The Bertz CT molecular complexity index is 182. The predicted molar refractivity (Wildman–Crippen MR) is 40.4 cm³/mol. The Kier molecular flexibility index (Phi) is 3.39. The van der Waals surface area contributed by atoms with Crippen molar-refractivity contribution in [3.8, 4) is 0 Å². The van der Waals surface area contributed by atoms with Gasteiger partial charge in [-0.05, 0) is 6.42 Å². The van der Waals surface area contributed by atoms with Crippen LogP contribution in [0.15, 0.2) is 17.1 Å². The number of rotatable bonds is 3. The van der Waals surface area contributed by atoms with Gasteiger partial charge in [0.25, 0.3) is 0 Å². The Morgan fingerprint density at radius 1 is 1.70 bits per heavy atom. The minimum Gasteiger partial charge on any atom is -0.478 e. The number of hydrogen-bond donors (Lipinski definition) is 1. The van der Waals surface area contributed by atoms with Crippen molar-refractivity contribution in [3.05, 3.63) is 12.2 Å². The molecule has 0 aromatic rings. The largest absolute Gasteiger partial charge is 0.478 e. The fourth-order valence-electron chi connectivity index (χ4n) is 0.630. The lowest BCUT2D eigenvalue weighted by atomic mass is 10.1. The number of carbonyl (C=O) groups is 1. The van der Waals surface area contributed by atoms with Crippen molar-refractivity contribution in [3.63, 3.8) is 0 Å². The molecule has 0 aromatic carbocycles. The van der Waals surface area contributed by atoms with Gasteiger partial charge >= 0.3 is 5.97 Å². The molecule has 0 aliphatic heterocycles. The number of nitrogens with zero attached hydrogens (tertiary/aromatic N) is 1. The zero-order chi connectivity index (χ0) is 8.15. The zero-order valence-corrected chi connectivity index (χ0v) is 6.22. The fourth-order valence-corrected chi connectivity index (χ4v) is 0.630. The molecule has 0 fully saturated rings. The highest BCUT2D eigenvalue weighted by molar-refractivity contribution is 6.18. The summed E-state index contributed by atoms with van der Waals surface area (Å²) in [7, 11) is 1.56. The van der Waals surface area contributed by atoms with Crippen LogP contribution in [0.5, 0.6) is 0 Å². The molecule has 3 heteroatoms. The van der Waals surface area contributed by atoms with E-state index in [0.29, 0.717) is 12.1 Å². The van der Waals surface area contributed by atoms with Crippen molar-refractivity contribution < 1.29 is 9.90 Å². The van der Waals surface area contributed by atoms with Gasteiger partial charge in [0.2, 0.25) is 0 Å². The number of aliphatic imine (C=N–C) groups is 1. The van der Waals surface area contributed by atoms with Gasteiger partial charge in [0, 0.05) is 12.8 Å². The van der Waals surface area contributed by atoms with Crippen LogP contribution in [-0.2, 0) is 4.79 Å². The lowest BCUT2D eigenvalue weighted by Gasteiger charge is -1.99. The van der Waals surface area contributed by atoms with Crippen LogP contribution in [0.3, 0.4) is 0 Å². The maximum Gasteiger partial charge on any atom is 0.336 e. The SMILES string of the molecule is C=C(C(=O)O)C(CC)=NC. The lowest BCUT2D eigenvalue weighted by Crippen LogP contribution is -2.09. The molecule has 0 aliphatic rings. The molecule has 0 atom stereocenters. The van der Waals surface area contributed by atoms with Gasteiger partial charge in [0.15, 0.2) is 0 Å². The van der Waals surface area contributed by atoms with Crippen LogP contribution in [0.2, 0.25) is 0 Å². The van der Waals surface area contributed by atoms with Crippen molar-refractivity contribution in [2.75, 3.05) is 7.05 Å². The molecule has 0 spiro atoms. The van der Waals surface area contributed by atoms with E-state index >= 15 is 0 Å². The number of aliphatic carboxylic acids is 1. The summed E-state index contributed by atoms with van der Waals surface area (Å²) >= 11 is 0. The van der Waals surface area contributed by atoms with Gasteiger partial charge in [0.1, 0.15) is 0 Å². The maximum absolute atomic E-state index is 10.3. The first-order valence-electron chi connectivity index (χ1n) is 3.01. The zero-order valence-electron chi connectivity index (χ0n) is 6.22. The summed E-state index contributed by atoms with van der Waals surface area (Å²) in [5.74, 6) is -0.998. The van der Waals surface area contributed by atoms with Gasteiger partial charge in [-0.1, -0.05) is 13.5 Å². The third-order valence-electron chi connectivity index (χ3n) is 1.21. The van der Waals surface area contributed by atoms with E-state index in [0.717, 1.165) is 0 Å². The third kappa shape index (κ3) is 2.01. The van der Waals surface area contributed by atoms with Gasteiger partial charge in [-0.15, -0.1) is 0 Å². The first-order chi connectivity index (χ1) is 4.63. The van der Waals surface area contributed by atoms with Gasteiger partial charge < -0.3 is 5.11 Å². The number of hydrogen-bond acceptors (Lipinski definition) is 2. The van der Waals surface area contributed by atoms with E-state index in [1.165, 1.54) is 0 Å². The molecule has 0 amide bonds. The molecule has 10 heavy (non-hydrogen) atoms. The summed E-state index contributed by atoms with van der Waals surface area (Å²) in [6.45, 7) is 5.21. The third-order valence-corrected chi connectivity index (χ3v) is 1.21. The Labute approximate surface area is 60.1 Å². The molecule has 0 aliphatic carbocycles. The number of carboxylic acid groups (broad SMARTS) is 1. The summed E-state index contributed by atoms with van der Waals surface area (Å²) in [4.78, 5) is 14.0. The Morgan fingerprint density at radius 2 is 2.20 bits per heavy atom. The van der Waals surface area contributed by atoms with Gasteiger partial charge in [-0.3, -0.25) is 4.99 Å². The second-order valence-corrected chi connectivity index (χ2v) is 1.81. The van der Waals surface area contributed by atoms with E-state index in [1.54, 1.807) is 7.05 Å². The van der Waals surface area contributed by atoms with Crippen molar-refractivity contribution >= 4 is 11.7 Å². The molecule has 0 rings (SSSR count). The van der Waals surface area contributed by atoms with Crippen molar-refractivity contribution in [1.29, 1.82) is 0 Å². The minimum atomic E-state index is -0.998. The average Bonchev–Trinajstić information content (AvgIpc) is 1.90. The predicted octanol–water partition coefficient (Wildman–Crippen LogP) is 1.11. The summed E-state index contributed by atoms with van der Waals surface area (Å²) in [5, 5.41) is 8.43. The summed E-state index contributed by atoms with van der Waals surface area (Å²) in [6, 6.07) is 0. The van der Waals surface area contributed by atoms with E-state index in [-0.39, 0.29) is 5.57 Å². The van der Waals surface area contributed by atoms with Crippen LogP contribution in [0.1, 0.15) is 13.3 Å². The van der Waals surface area contributed by atoms with Gasteiger partial charge in [0.05, 0.1) is 5.57 Å². The summed E-state index contributed by atoms with van der Waals surface area (Å²) < 4.78 is 0. The molecule has 0 saturated carbocycles. The second kappa shape index (κ2) is 3.82. The van der Waals surface area contributed by atoms with Gasteiger partial charge in [-0.2, -0.15) is 0 Å². The molecule has 0 unspecified atom stereocenters. The van der Waals surface area contributed by atoms with E-state index < -0.39 is 5.97 Å². The first-order valence-corrected chi connectivity index (χ1v) is 3.01. The van der Waals surface area contributed by atoms with Gasteiger partial charge in [-0.25, -0.2) is 4.79 Å². The van der Waals surface area contributed by atoms with E-state index in [1.807, 2.05) is 6.92 Å². The highest BCUT2D eigenvalue weighted by Gasteiger charge is 2.08. The van der Waals surface area contributed by atoms with Crippen LogP contribution in [0.25, 0.3) is 0 Å². The first kappa shape index (κ1) is 8.88. The molecule has 1 N–H and O–H groups in total. The van der Waals surface area contributed by atoms with Crippen molar-refractivity contribution in [2.24, 2.45) is 4.99 Å². The van der Waals surface area contributed by atoms with Crippen LogP contribution in [0.4, 0.5) is 0 Å². The number of carboxylic acids is 1. The molecule has 0 saturated heterocycles. The Balaban J connectivity index is 4.33. The molecule has 0 bridgehead atoms. The molecule has 0 aromatic heterocycles. The van der Waals surface area contributed by atoms with Crippen molar-refractivity contribution in [2.45, 2.75) is 13.3 Å². The maximum atomic E-state index is 10.3. The smallest absolute Gasteiger partial charge is 0.336 e. The molecular weight excluding hydrogens is 130 g/mol. The monoisotopic (exact) mass is 141 g/mol. The summed E-state index contributed by atoms with van der Waals surface area (Å²) in [5.41, 5.74) is 0.637. The molecular formula is C7H11NO2. The normalized spacial score (nSPS) is 11.2.